The molecule has 1 heterocycles. The van der Waals surface area contributed by atoms with E-state index < -0.39 is 29.9 Å². The van der Waals surface area contributed by atoms with Crippen LogP contribution in [0.2, 0.25) is 0 Å². The Labute approximate surface area is 136 Å². The topological polar surface area (TPSA) is 110 Å². The van der Waals surface area contributed by atoms with Gasteiger partial charge in [0.1, 0.15) is 12.1 Å². The van der Waals surface area contributed by atoms with Crippen LogP contribution in [-0.2, 0) is 14.4 Å². The Morgan fingerprint density at radius 3 is 2.52 bits per heavy atom. The van der Waals surface area contributed by atoms with E-state index >= 15 is 0 Å². The van der Waals surface area contributed by atoms with Crippen LogP contribution in [0.3, 0.4) is 0 Å². The lowest BCUT2D eigenvalue weighted by molar-refractivity contribution is -0.153. The maximum absolute atomic E-state index is 12.8. The fourth-order valence-corrected chi connectivity index (χ4v) is 2.89. The van der Waals surface area contributed by atoms with E-state index in [0.29, 0.717) is 32.2 Å². The van der Waals surface area contributed by atoms with E-state index in [1.807, 2.05) is 6.92 Å². The third-order valence-corrected chi connectivity index (χ3v) is 4.21. The van der Waals surface area contributed by atoms with Crippen LogP contribution in [0.4, 0.5) is 0 Å². The van der Waals surface area contributed by atoms with Gasteiger partial charge in [-0.2, -0.15) is 0 Å². The van der Waals surface area contributed by atoms with Gasteiger partial charge >= 0.3 is 0 Å². The molecular weight excluding hydrogens is 302 g/mol. The highest BCUT2D eigenvalue weighted by Crippen LogP contribution is 2.25. The van der Waals surface area contributed by atoms with E-state index in [2.05, 4.69) is 0 Å². The Balaban J connectivity index is 2.94. The number of hydrogen-bond acceptors (Lipinski definition) is 5. The first kappa shape index (κ1) is 19.4. The van der Waals surface area contributed by atoms with Crippen molar-refractivity contribution in [2.24, 2.45) is 5.92 Å². The molecule has 132 valence electrons. The quantitative estimate of drug-likeness (QED) is 0.440. The molecule has 0 aliphatic carbocycles. The Morgan fingerprint density at radius 2 is 2.00 bits per heavy atom. The highest BCUT2D eigenvalue weighted by atomic mass is 16.5. The van der Waals surface area contributed by atoms with Gasteiger partial charge < -0.3 is 14.9 Å². The Hall–Kier alpha value is -1.67. The molecule has 0 bridgehead atoms. The van der Waals surface area contributed by atoms with Crippen molar-refractivity contribution in [1.82, 2.24) is 15.3 Å². The zero-order valence-corrected chi connectivity index (χ0v) is 14.0. The number of hydrogen-bond donors (Lipinski definition) is 3. The molecule has 0 aromatic carbocycles. The molecule has 3 amide bonds. The summed E-state index contributed by atoms with van der Waals surface area (Å²) in [6, 6.07) is -0.550. The zero-order valence-electron chi connectivity index (χ0n) is 14.0. The molecule has 1 rings (SSSR count). The van der Waals surface area contributed by atoms with Crippen molar-refractivity contribution < 1.29 is 24.7 Å². The average Bonchev–Trinajstić information content (AvgIpc) is 3.02. The predicted molar refractivity (Wildman–Crippen MR) is 82.4 cm³/mol. The fraction of sp³-hybridized carbons (Fsp3) is 0.800. The van der Waals surface area contributed by atoms with Gasteiger partial charge in [0.2, 0.25) is 11.8 Å². The minimum absolute atomic E-state index is 0.161. The minimum atomic E-state index is -1.63. The summed E-state index contributed by atoms with van der Waals surface area (Å²) in [7, 11) is 3.26. The first-order chi connectivity index (χ1) is 10.8. The lowest BCUT2D eigenvalue weighted by atomic mass is 9.93. The molecular formula is C15H27N3O5. The summed E-state index contributed by atoms with van der Waals surface area (Å²) >= 11 is 0. The third kappa shape index (κ3) is 4.65. The van der Waals surface area contributed by atoms with Crippen LogP contribution < -0.4 is 5.48 Å². The standard InChI is InChI=1S/C15H27N3O5/c1-4-5-7-10(12(19)13(20)16-23)14(21)18-9-6-8-11(18)15(22)17(2)3/h10-12,19,23H,4-9H2,1-3H3,(H,16,20)/t10-,11+,12+/m1/s1. The number of likely N-dealkylation sites (tertiary alicyclic amines) is 1. The lowest BCUT2D eigenvalue weighted by Crippen LogP contribution is -2.51. The fourth-order valence-electron chi connectivity index (χ4n) is 2.89. The second-order valence-corrected chi connectivity index (χ2v) is 6.09. The normalized spacial score (nSPS) is 20.0. The van der Waals surface area contributed by atoms with E-state index in [1.54, 1.807) is 14.1 Å². The predicted octanol–water partition coefficient (Wildman–Crippen LogP) is -0.262. The van der Waals surface area contributed by atoms with Crippen LogP contribution in [0.5, 0.6) is 0 Å². The number of hydroxylamine groups is 1. The molecule has 0 aromatic heterocycles. The SMILES string of the molecule is CCCC[C@@H](C(=O)N1CCC[C@H]1C(=O)N(C)C)[C@H](O)C(=O)NO. The number of nitrogens with zero attached hydrogens (tertiary/aromatic N) is 2. The smallest absolute Gasteiger partial charge is 0.272 e. The van der Waals surface area contributed by atoms with Crippen molar-refractivity contribution in [3.8, 4) is 0 Å². The van der Waals surface area contributed by atoms with E-state index in [0.717, 1.165) is 6.42 Å². The van der Waals surface area contributed by atoms with Crippen molar-refractivity contribution >= 4 is 17.7 Å². The van der Waals surface area contributed by atoms with Crippen molar-refractivity contribution in [3.05, 3.63) is 0 Å². The largest absolute Gasteiger partial charge is 0.382 e. The molecule has 3 N–H and O–H groups in total. The maximum atomic E-state index is 12.8. The lowest BCUT2D eigenvalue weighted by Gasteiger charge is -2.31. The van der Waals surface area contributed by atoms with Gasteiger partial charge in [-0.1, -0.05) is 19.8 Å². The van der Waals surface area contributed by atoms with Crippen molar-refractivity contribution in [2.45, 2.75) is 51.2 Å². The maximum Gasteiger partial charge on any atom is 0.272 e. The number of rotatable bonds is 7. The number of carbonyl (C=O) groups is 3. The minimum Gasteiger partial charge on any atom is -0.382 e. The molecule has 23 heavy (non-hydrogen) atoms. The Morgan fingerprint density at radius 1 is 1.35 bits per heavy atom. The highest BCUT2D eigenvalue weighted by molar-refractivity contribution is 5.92. The molecule has 0 radical (unpaired) electrons. The van der Waals surface area contributed by atoms with Gasteiger partial charge in [0.05, 0.1) is 5.92 Å². The number of aliphatic hydroxyl groups is 1. The van der Waals surface area contributed by atoms with Crippen LogP contribution >= 0.6 is 0 Å². The van der Waals surface area contributed by atoms with Gasteiger partial charge in [-0.25, -0.2) is 5.48 Å². The number of likely N-dealkylation sites (N-methyl/N-ethyl adjacent to an activating group) is 1. The summed E-state index contributed by atoms with van der Waals surface area (Å²) in [5.74, 6) is -2.54. The van der Waals surface area contributed by atoms with Gasteiger partial charge in [0.25, 0.3) is 5.91 Å². The molecule has 8 nitrogen and oxygen atoms in total. The van der Waals surface area contributed by atoms with Crippen LogP contribution in [-0.4, -0.2) is 70.6 Å². The molecule has 0 aromatic rings. The van der Waals surface area contributed by atoms with Gasteiger partial charge in [-0.3, -0.25) is 19.6 Å². The first-order valence-electron chi connectivity index (χ1n) is 7.98. The highest BCUT2D eigenvalue weighted by Gasteiger charge is 2.41. The van der Waals surface area contributed by atoms with Crippen molar-refractivity contribution in [1.29, 1.82) is 0 Å². The van der Waals surface area contributed by atoms with Gasteiger partial charge in [0.15, 0.2) is 0 Å². The monoisotopic (exact) mass is 329 g/mol. The molecule has 1 aliphatic rings. The molecule has 0 saturated carbocycles. The van der Waals surface area contributed by atoms with Gasteiger partial charge in [-0.15, -0.1) is 0 Å². The number of unbranched alkanes of at least 4 members (excludes halogenated alkanes) is 1. The zero-order chi connectivity index (χ0) is 17.6. The van der Waals surface area contributed by atoms with Crippen molar-refractivity contribution in [3.63, 3.8) is 0 Å². The van der Waals surface area contributed by atoms with E-state index in [9.17, 15) is 19.5 Å². The third-order valence-electron chi connectivity index (χ3n) is 4.21. The number of carbonyl (C=O) groups excluding carboxylic acids is 3. The molecule has 1 saturated heterocycles. The molecule has 1 fully saturated rings. The van der Waals surface area contributed by atoms with Crippen molar-refractivity contribution in [2.75, 3.05) is 20.6 Å². The Kier molecular flexibility index (Phi) is 7.44. The molecule has 3 atom stereocenters. The second kappa shape index (κ2) is 8.83. The van der Waals surface area contributed by atoms with E-state index in [1.165, 1.54) is 15.3 Å². The Bertz CT molecular complexity index is 441. The summed E-state index contributed by atoms with van der Waals surface area (Å²) in [4.78, 5) is 39.4. The average molecular weight is 329 g/mol. The molecule has 1 aliphatic heterocycles. The van der Waals surface area contributed by atoms with Crippen LogP contribution in [0.25, 0.3) is 0 Å². The first-order valence-corrected chi connectivity index (χ1v) is 7.98. The molecule has 8 heteroatoms. The number of amides is 3. The van der Waals surface area contributed by atoms with Crippen LogP contribution in [0.15, 0.2) is 0 Å². The van der Waals surface area contributed by atoms with Crippen LogP contribution in [0.1, 0.15) is 39.0 Å². The van der Waals surface area contributed by atoms with Gasteiger partial charge in [0, 0.05) is 20.6 Å². The van der Waals surface area contributed by atoms with E-state index in [4.69, 9.17) is 5.21 Å². The van der Waals surface area contributed by atoms with E-state index in [-0.39, 0.29) is 5.91 Å². The number of nitrogens with one attached hydrogen (secondary N) is 1. The summed E-state index contributed by atoms with van der Waals surface area (Å²) < 4.78 is 0. The molecule has 0 spiro atoms. The summed E-state index contributed by atoms with van der Waals surface area (Å²) in [6.07, 6.45) is 1.44. The summed E-state index contributed by atoms with van der Waals surface area (Å²) in [5.41, 5.74) is 1.38. The van der Waals surface area contributed by atoms with Crippen LogP contribution in [0, 0.1) is 5.92 Å². The number of aliphatic hydroxyl groups excluding tert-OH is 1. The second-order valence-electron chi connectivity index (χ2n) is 6.09. The summed E-state index contributed by atoms with van der Waals surface area (Å²) in [5, 5.41) is 18.7. The van der Waals surface area contributed by atoms with Gasteiger partial charge in [-0.05, 0) is 19.3 Å². The molecule has 0 unspecified atom stereocenters. The summed E-state index contributed by atoms with van der Waals surface area (Å²) in [6.45, 7) is 2.37.